The highest BCUT2D eigenvalue weighted by atomic mass is 16.2. The second-order valence-corrected chi connectivity index (χ2v) is 3.33. The third-order valence-electron chi connectivity index (χ3n) is 2.80. The van der Waals surface area contributed by atoms with Gasteiger partial charge in [0.15, 0.2) is 0 Å². The monoisotopic (exact) mass is 153 g/mol. The number of hydrogen-bond donors (Lipinski definition) is 0. The van der Waals surface area contributed by atoms with Crippen LogP contribution in [0.5, 0.6) is 0 Å². The standard InChI is InChI=1S/C8H11NO2/c1-3-9-7(10)5-4(2)6(5)8(9)11/h4-6H,3H2,1-2H3. The fraction of sp³-hybridized carbons (Fsp3) is 0.750. The van der Waals surface area contributed by atoms with E-state index in [1.165, 1.54) is 4.90 Å². The van der Waals surface area contributed by atoms with Gasteiger partial charge >= 0.3 is 0 Å². The molecule has 2 unspecified atom stereocenters. The number of nitrogens with zero attached hydrogens (tertiary/aromatic N) is 1. The quantitative estimate of drug-likeness (QED) is 0.507. The highest BCUT2D eigenvalue weighted by Crippen LogP contribution is 2.52. The zero-order chi connectivity index (χ0) is 8.17. The predicted molar refractivity (Wildman–Crippen MR) is 38.5 cm³/mol. The minimum Gasteiger partial charge on any atom is -0.282 e. The molecule has 3 heteroatoms. The molecule has 1 saturated carbocycles. The van der Waals surface area contributed by atoms with E-state index in [0.717, 1.165) is 0 Å². The van der Waals surface area contributed by atoms with Crippen LogP contribution < -0.4 is 0 Å². The number of likely N-dealkylation sites (tertiary alicyclic amines) is 1. The fourth-order valence-electron chi connectivity index (χ4n) is 2.00. The van der Waals surface area contributed by atoms with E-state index in [9.17, 15) is 9.59 Å². The van der Waals surface area contributed by atoms with E-state index >= 15 is 0 Å². The lowest BCUT2D eigenvalue weighted by Gasteiger charge is -2.13. The summed E-state index contributed by atoms with van der Waals surface area (Å²) in [4.78, 5) is 24.0. The maximum absolute atomic E-state index is 11.3. The van der Waals surface area contributed by atoms with Gasteiger partial charge in [0.1, 0.15) is 0 Å². The van der Waals surface area contributed by atoms with Crippen molar-refractivity contribution in [3.05, 3.63) is 0 Å². The molecule has 1 heterocycles. The number of carbonyl (C=O) groups excluding carboxylic acids is 2. The average Bonchev–Trinajstić information content (AvgIpc) is 2.54. The number of fused-ring (bicyclic) bond motifs is 1. The maximum Gasteiger partial charge on any atom is 0.233 e. The molecule has 60 valence electrons. The molecule has 11 heavy (non-hydrogen) atoms. The number of piperidine rings is 1. The van der Waals surface area contributed by atoms with Gasteiger partial charge in [-0.25, -0.2) is 0 Å². The lowest BCUT2D eigenvalue weighted by atomic mass is 10.3. The van der Waals surface area contributed by atoms with Crippen molar-refractivity contribution >= 4 is 11.8 Å². The summed E-state index contributed by atoms with van der Waals surface area (Å²) in [6, 6.07) is 0. The highest BCUT2D eigenvalue weighted by molar-refractivity contribution is 6.09. The van der Waals surface area contributed by atoms with Gasteiger partial charge in [0, 0.05) is 6.54 Å². The maximum atomic E-state index is 11.3. The van der Waals surface area contributed by atoms with E-state index in [1.54, 1.807) is 0 Å². The van der Waals surface area contributed by atoms with Crippen molar-refractivity contribution in [3.63, 3.8) is 0 Å². The van der Waals surface area contributed by atoms with E-state index in [1.807, 2.05) is 13.8 Å². The number of imide groups is 1. The molecule has 0 aromatic heterocycles. The average molecular weight is 153 g/mol. The van der Waals surface area contributed by atoms with Gasteiger partial charge in [-0.05, 0) is 12.8 Å². The van der Waals surface area contributed by atoms with Gasteiger partial charge in [0.2, 0.25) is 11.8 Å². The van der Waals surface area contributed by atoms with Gasteiger partial charge in [-0.1, -0.05) is 6.92 Å². The molecule has 1 aliphatic carbocycles. The molecule has 2 atom stereocenters. The number of hydrogen-bond acceptors (Lipinski definition) is 2. The topological polar surface area (TPSA) is 37.4 Å². The zero-order valence-corrected chi connectivity index (χ0v) is 6.70. The molecule has 2 rings (SSSR count). The number of amides is 2. The number of carbonyl (C=O) groups is 2. The SMILES string of the molecule is CCN1C(=O)C2C(C)C2C1=O. The molecule has 3 nitrogen and oxygen atoms in total. The van der Waals surface area contributed by atoms with E-state index < -0.39 is 0 Å². The van der Waals surface area contributed by atoms with Crippen LogP contribution in [0.4, 0.5) is 0 Å². The molecule has 0 bridgehead atoms. The summed E-state index contributed by atoms with van der Waals surface area (Å²) in [7, 11) is 0. The van der Waals surface area contributed by atoms with Crippen LogP contribution in [0.15, 0.2) is 0 Å². The Labute approximate surface area is 65.4 Å². The minimum absolute atomic E-state index is 0.0439. The van der Waals surface area contributed by atoms with Crippen LogP contribution >= 0.6 is 0 Å². The third kappa shape index (κ3) is 0.633. The number of rotatable bonds is 1. The first-order valence-corrected chi connectivity index (χ1v) is 4.03. The van der Waals surface area contributed by atoms with Gasteiger partial charge in [-0.3, -0.25) is 14.5 Å². The summed E-state index contributed by atoms with van der Waals surface area (Å²) in [5.41, 5.74) is 0. The molecule has 1 saturated heterocycles. The van der Waals surface area contributed by atoms with Crippen molar-refractivity contribution in [3.8, 4) is 0 Å². The van der Waals surface area contributed by atoms with E-state index in [-0.39, 0.29) is 23.7 Å². The lowest BCUT2D eigenvalue weighted by Crippen LogP contribution is -2.33. The Kier molecular flexibility index (Phi) is 1.14. The molecule has 2 fully saturated rings. The fourth-order valence-corrected chi connectivity index (χ4v) is 2.00. The van der Waals surface area contributed by atoms with Gasteiger partial charge in [0.05, 0.1) is 11.8 Å². The highest BCUT2D eigenvalue weighted by Gasteiger charge is 2.64. The Hall–Kier alpha value is -0.860. The smallest absolute Gasteiger partial charge is 0.233 e. The molecular weight excluding hydrogens is 142 g/mol. The molecule has 0 aromatic carbocycles. The second kappa shape index (κ2) is 1.84. The first-order valence-electron chi connectivity index (χ1n) is 4.03. The molecule has 0 N–H and O–H groups in total. The van der Waals surface area contributed by atoms with Gasteiger partial charge in [-0.2, -0.15) is 0 Å². The third-order valence-corrected chi connectivity index (χ3v) is 2.80. The van der Waals surface area contributed by atoms with Gasteiger partial charge in [0.25, 0.3) is 0 Å². The van der Waals surface area contributed by atoms with Gasteiger partial charge in [-0.15, -0.1) is 0 Å². The van der Waals surface area contributed by atoms with Crippen LogP contribution in [-0.2, 0) is 9.59 Å². The van der Waals surface area contributed by atoms with Gasteiger partial charge < -0.3 is 0 Å². The summed E-state index contributed by atoms with van der Waals surface area (Å²) in [5, 5.41) is 0. The van der Waals surface area contributed by atoms with Crippen LogP contribution in [0.25, 0.3) is 0 Å². The van der Waals surface area contributed by atoms with Crippen molar-refractivity contribution in [1.82, 2.24) is 4.90 Å². The van der Waals surface area contributed by atoms with E-state index in [4.69, 9.17) is 0 Å². The van der Waals surface area contributed by atoms with Crippen molar-refractivity contribution in [2.24, 2.45) is 17.8 Å². The Morgan fingerprint density at radius 1 is 1.27 bits per heavy atom. The molecule has 0 aromatic rings. The summed E-state index contributed by atoms with van der Waals surface area (Å²) >= 11 is 0. The van der Waals surface area contributed by atoms with Crippen LogP contribution in [0.3, 0.4) is 0 Å². The Morgan fingerprint density at radius 2 is 1.73 bits per heavy atom. The summed E-state index contributed by atoms with van der Waals surface area (Å²) in [5.74, 6) is 0.507. The zero-order valence-electron chi connectivity index (χ0n) is 6.70. The Bertz CT molecular complexity index is 214. The normalized spacial score (nSPS) is 41.3. The summed E-state index contributed by atoms with van der Waals surface area (Å²) < 4.78 is 0. The Balaban J connectivity index is 2.23. The van der Waals surface area contributed by atoms with Crippen molar-refractivity contribution in [1.29, 1.82) is 0 Å². The molecule has 0 radical (unpaired) electrons. The second-order valence-electron chi connectivity index (χ2n) is 3.33. The van der Waals surface area contributed by atoms with Crippen LogP contribution in [0.2, 0.25) is 0 Å². The van der Waals surface area contributed by atoms with E-state index in [0.29, 0.717) is 12.5 Å². The first kappa shape index (κ1) is 6.83. The van der Waals surface area contributed by atoms with Crippen molar-refractivity contribution in [2.45, 2.75) is 13.8 Å². The molecule has 1 aliphatic heterocycles. The van der Waals surface area contributed by atoms with Crippen molar-refractivity contribution < 1.29 is 9.59 Å². The van der Waals surface area contributed by atoms with E-state index in [2.05, 4.69) is 0 Å². The van der Waals surface area contributed by atoms with Crippen LogP contribution in [0.1, 0.15) is 13.8 Å². The summed E-state index contributed by atoms with van der Waals surface area (Å²) in [6.07, 6.45) is 0. The largest absolute Gasteiger partial charge is 0.282 e. The molecule has 2 amide bonds. The van der Waals surface area contributed by atoms with Crippen molar-refractivity contribution in [2.75, 3.05) is 6.54 Å². The van der Waals surface area contributed by atoms with Crippen LogP contribution in [0, 0.1) is 17.8 Å². The summed E-state index contributed by atoms with van der Waals surface area (Å²) in [6.45, 7) is 4.35. The first-order chi connectivity index (χ1) is 5.18. The molecule has 2 aliphatic rings. The minimum atomic E-state index is 0.0439. The molecular formula is C8H11NO2. The van der Waals surface area contributed by atoms with Crippen LogP contribution in [-0.4, -0.2) is 23.3 Å². The Morgan fingerprint density at radius 3 is 2.09 bits per heavy atom. The predicted octanol–water partition coefficient (Wildman–Crippen LogP) is 0.257. The lowest BCUT2D eigenvalue weighted by molar-refractivity contribution is -0.141. The molecule has 0 spiro atoms.